The number of hydrogen-bond donors (Lipinski definition) is 1. The number of halogens is 4. The fourth-order valence-corrected chi connectivity index (χ4v) is 3.02. The first-order chi connectivity index (χ1) is 12.5. The number of unbranched alkanes of at least 4 members (excludes halogenated alkanes) is 13. The monoisotopic (exact) mass is 399 g/mol. The molecule has 0 heterocycles. The zero-order valence-electron chi connectivity index (χ0n) is 18.5. The van der Waals surface area contributed by atoms with E-state index in [2.05, 4.69) is 33.4 Å². The Morgan fingerprint density at radius 3 is 1.19 bits per heavy atom. The van der Waals surface area contributed by atoms with Crippen LogP contribution in [0.4, 0.5) is 17.3 Å². The van der Waals surface area contributed by atoms with Gasteiger partial charge in [0.2, 0.25) is 0 Å². The molecule has 0 saturated carbocycles. The van der Waals surface area contributed by atoms with Gasteiger partial charge < -0.3 is 23.0 Å². The van der Waals surface area contributed by atoms with Gasteiger partial charge in [-0.05, 0) is 13.3 Å². The van der Waals surface area contributed by atoms with E-state index in [9.17, 15) is 17.3 Å². The van der Waals surface area contributed by atoms with Gasteiger partial charge in [0.05, 0.1) is 6.04 Å². The van der Waals surface area contributed by atoms with Crippen molar-refractivity contribution in [3.05, 3.63) is 0 Å². The topological polar surface area (TPSA) is 27.6 Å². The van der Waals surface area contributed by atoms with E-state index < -0.39 is 7.25 Å². The number of hydrogen-bond acceptors (Lipinski definition) is 0. The summed E-state index contributed by atoms with van der Waals surface area (Å²) in [5.41, 5.74) is 4.62. The normalized spacial score (nSPS) is 13.2. The van der Waals surface area contributed by atoms with Gasteiger partial charge in [-0.15, -0.1) is 0 Å². The Kier molecular flexibility index (Phi) is 19.1. The molecular weight excluding hydrogens is 353 g/mol. The lowest BCUT2D eigenvalue weighted by Crippen LogP contribution is -2.65. The van der Waals surface area contributed by atoms with Crippen LogP contribution >= 0.6 is 0 Å². The van der Waals surface area contributed by atoms with Crippen LogP contribution in [0.15, 0.2) is 0 Å². The van der Waals surface area contributed by atoms with Crippen molar-refractivity contribution < 1.29 is 23.0 Å². The lowest BCUT2D eigenvalue weighted by molar-refractivity contribution is -0.439. The van der Waals surface area contributed by atoms with Crippen LogP contribution < -0.4 is 5.73 Å². The van der Waals surface area contributed by atoms with Gasteiger partial charge in [-0.25, -0.2) is 0 Å². The second-order valence-corrected chi connectivity index (χ2v) is 8.73. The minimum absolute atomic E-state index is 0.428. The average Bonchev–Trinajstić information content (AvgIpc) is 2.53. The molecule has 0 aliphatic carbocycles. The van der Waals surface area contributed by atoms with E-state index in [1.807, 2.05) is 0 Å². The van der Waals surface area contributed by atoms with E-state index in [0.29, 0.717) is 11.5 Å². The summed E-state index contributed by atoms with van der Waals surface area (Å²) in [5.74, 6) is 0. The van der Waals surface area contributed by atoms with E-state index >= 15 is 0 Å². The molecule has 0 aliphatic heterocycles. The zero-order valence-corrected chi connectivity index (χ0v) is 18.5. The van der Waals surface area contributed by atoms with Crippen LogP contribution in [-0.2, 0) is 0 Å². The second kappa shape index (κ2) is 17.8. The molecule has 0 aromatic rings. The first kappa shape index (κ1) is 29.0. The van der Waals surface area contributed by atoms with Crippen molar-refractivity contribution in [2.75, 3.05) is 0 Å². The maximum atomic E-state index is 9.75. The Morgan fingerprint density at radius 2 is 0.926 bits per heavy atom. The Morgan fingerprint density at radius 1 is 0.667 bits per heavy atom. The summed E-state index contributed by atoms with van der Waals surface area (Å²) in [6.45, 7) is 9.28. The molecule has 0 bridgehead atoms. The van der Waals surface area contributed by atoms with E-state index in [-0.39, 0.29) is 0 Å². The molecule has 166 valence electrons. The fourth-order valence-electron chi connectivity index (χ4n) is 3.02. The van der Waals surface area contributed by atoms with Crippen LogP contribution in [0.25, 0.3) is 0 Å². The van der Waals surface area contributed by atoms with Gasteiger partial charge in [-0.3, -0.25) is 0 Å². The Balaban J connectivity index is 0. The van der Waals surface area contributed by atoms with Gasteiger partial charge in [0.1, 0.15) is 0 Å². The molecule has 27 heavy (non-hydrogen) atoms. The molecular formula is C21H46BF4N. The summed E-state index contributed by atoms with van der Waals surface area (Å²) in [5, 5.41) is 0. The first-order valence-electron chi connectivity index (χ1n) is 11.2. The Labute approximate surface area is 166 Å². The van der Waals surface area contributed by atoms with Crippen molar-refractivity contribution in [1.82, 2.24) is 0 Å². The molecule has 6 heteroatoms. The maximum Gasteiger partial charge on any atom is 0.673 e. The number of rotatable bonds is 16. The lowest BCUT2D eigenvalue weighted by atomic mass is 9.81. The van der Waals surface area contributed by atoms with E-state index in [0.717, 1.165) is 0 Å². The van der Waals surface area contributed by atoms with E-state index in [1.54, 1.807) is 0 Å². The molecule has 0 aliphatic rings. The third-order valence-electron chi connectivity index (χ3n) is 5.51. The van der Waals surface area contributed by atoms with Crippen molar-refractivity contribution >= 4 is 7.25 Å². The van der Waals surface area contributed by atoms with Gasteiger partial charge in [0.15, 0.2) is 0 Å². The van der Waals surface area contributed by atoms with Crippen LogP contribution in [-0.4, -0.2) is 13.3 Å². The Hall–Kier alpha value is -0.255. The van der Waals surface area contributed by atoms with Gasteiger partial charge in [-0.2, -0.15) is 0 Å². The molecule has 0 rings (SSSR count). The summed E-state index contributed by atoms with van der Waals surface area (Å²) in [6.07, 6.45) is 21.6. The van der Waals surface area contributed by atoms with Crippen LogP contribution in [0.5, 0.6) is 0 Å². The highest BCUT2D eigenvalue weighted by Gasteiger charge is 2.24. The maximum absolute atomic E-state index is 9.75. The van der Waals surface area contributed by atoms with Gasteiger partial charge in [0.25, 0.3) is 0 Å². The predicted octanol–water partition coefficient (Wildman–Crippen LogP) is 7.81. The Bertz CT molecular complexity index is 301. The van der Waals surface area contributed by atoms with Crippen LogP contribution in [0.3, 0.4) is 0 Å². The molecule has 0 aromatic carbocycles. The molecule has 0 radical (unpaired) electrons. The smallest absolute Gasteiger partial charge is 0.418 e. The third-order valence-corrected chi connectivity index (χ3v) is 5.51. The first-order valence-corrected chi connectivity index (χ1v) is 11.2. The van der Waals surface area contributed by atoms with E-state index in [1.165, 1.54) is 96.3 Å². The molecule has 0 amide bonds. The summed E-state index contributed by atoms with van der Waals surface area (Å²) in [6, 6.07) is 0.564. The van der Waals surface area contributed by atoms with Crippen LogP contribution in [0, 0.1) is 5.41 Å². The molecule has 0 fully saturated rings. The van der Waals surface area contributed by atoms with Crippen molar-refractivity contribution in [3.63, 3.8) is 0 Å². The van der Waals surface area contributed by atoms with Gasteiger partial charge >= 0.3 is 7.25 Å². The molecule has 1 unspecified atom stereocenters. The highest BCUT2D eigenvalue weighted by Crippen LogP contribution is 2.26. The summed E-state index contributed by atoms with van der Waals surface area (Å²) in [4.78, 5) is 0. The SMILES string of the molecule is CCCCCCCCCCCCCCCCC(C)(C)C(C)[NH3+].F[B-](F)(F)F. The average molecular weight is 399 g/mol. The van der Waals surface area contributed by atoms with Gasteiger partial charge in [0, 0.05) is 5.41 Å². The van der Waals surface area contributed by atoms with Crippen LogP contribution in [0.2, 0.25) is 0 Å². The second-order valence-electron chi connectivity index (χ2n) is 8.73. The van der Waals surface area contributed by atoms with Crippen LogP contribution in [0.1, 0.15) is 124 Å². The molecule has 3 N–H and O–H groups in total. The minimum Gasteiger partial charge on any atom is -0.418 e. The highest BCUT2D eigenvalue weighted by atomic mass is 19.5. The minimum atomic E-state index is -6.00. The van der Waals surface area contributed by atoms with Gasteiger partial charge in [-0.1, -0.05) is 111 Å². The lowest BCUT2D eigenvalue weighted by Gasteiger charge is -2.26. The molecule has 0 aromatic heterocycles. The summed E-state index contributed by atoms with van der Waals surface area (Å²) >= 11 is 0. The van der Waals surface area contributed by atoms with Crippen molar-refractivity contribution in [2.45, 2.75) is 130 Å². The fraction of sp³-hybridized carbons (Fsp3) is 1.00. The van der Waals surface area contributed by atoms with Crippen molar-refractivity contribution in [1.29, 1.82) is 0 Å². The standard InChI is InChI=1S/C21H45N.BF4/c1-5-6-7-8-9-10-11-12-13-14-15-16-17-18-19-21(3,4)20(2)22;2-1(3,4)5/h20H,5-19,22H2,1-4H3;/q;-1/p+1. The number of quaternary nitrogens is 1. The van der Waals surface area contributed by atoms with Crippen molar-refractivity contribution in [3.8, 4) is 0 Å². The zero-order chi connectivity index (χ0) is 21.2. The summed E-state index contributed by atoms with van der Waals surface area (Å²) < 4.78 is 39.0. The third kappa shape index (κ3) is 28.1. The largest absolute Gasteiger partial charge is 0.673 e. The van der Waals surface area contributed by atoms with E-state index in [4.69, 9.17) is 0 Å². The molecule has 0 spiro atoms. The molecule has 0 saturated heterocycles. The molecule has 1 atom stereocenters. The summed E-state index contributed by atoms with van der Waals surface area (Å²) in [7, 11) is -6.00. The van der Waals surface area contributed by atoms with Crippen molar-refractivity contribution in [2.24, 2.45) is 5.41 Å². The predicted molar refractivity (Wildman–Crippen MR) is 111 cm³/mol. The highest BCUT2D eigenvalue weighted by molar-refractivity contribution is 6.50. The molecule has 1 nitrogen and oxygen atoms in total. The quantitative estimate of drug-likeness (QED) is 0.156.